The molecule has 3 aliphatic rings. The molecule has 0 radical (unpaired) electrons. The third kappa shape index (κ3) is 2.58. The van der Waals surface area contributed by atoms with Crippen molar-refractivity contribution in [1.29, 1.82) is 0 Å². The van der Waals surface area contributed by atoms with E-state index in [1.54, 1.807) is 12.1 Å². The highest BCUT2D eigenvalue weighted by molar-refractivity contribution is 5.95. The Kier molecular flexibility index (Phi) is 3.95. The molecule has 140 valence electrons. The van der Waals surface area contributed by atoms with Crippen LogP contribution in [-0.4, -0.2) is 21.2 Å². The molecule has 2 unspecified atom stereocenters. The second-order valence-electron chi connectivity index (χ2n) is 7.01. The summed E-state index contributed by atoms with van der Waals surface area (Å²) in [7, 11) is 0. The van der Waals surface area contributed by atoms with E-state index < -0.39 is 28.8 Å². The SMILES string of the molecule is NC(=O)C1CCCCC1c1c2ccc(=O)c(O)c-2oc2c(O)c(O)ccc12. The van der Waals surface area contributed by atoms with Gasteiger partial charge in [-0.1, -0.05) is 12.8 Å². The van der Waals surface area contributed by atoms with E-state index in [-0.39, 0.29) is 23.0 Å². The Morgan fingerprint density at radius 2 is 1.78 bits per heavy atom. The lowest BCUT2D eigenvalue weighted by atomic mass is 9.72. The largest absolute Gasteiger partial charge is 0.504 e. The number of fused-ring (bicyclic) bond motifs is 2. The number of nitrogens with two attached hydrogens (primary N) is 1. The molecule has 1 saturated carbocycles. The molecule has 5 N–H and O–H groups in total. The minimum atomic E-state index is -0.619. The monoisotopic (exact) mass is 369 g/mol. The van der Waals surface area contributed by atoms with E-state index in [1.807, 2.05) is 0 Å². The van der Waals surface area contributed by atoms with Crippen molar-refractivity contribution in [2.75, 3.05) is 0 Å². The summed E-state index contributed by atoms with van der Waals surface area (Å²) in [4.78, 5) is 23.9. The van der Waals surface area contributed by atoms with Crippen molar-refractivity contribution in [2.24, 2.45) is 11.7 Å². The van der Waals surface area contributed by atoms with Gasteiger partial charge in [0.2, 0.25) is 22.8 Å². The number of aromatic hydroxyl groups is 3. The zero-order valence-corrected chi connectivity index (χ0v) is 14.4. The van der Waals surface area contributed by atoms with E-state index in [4.69, 9.17) is 10.2 Å². The number of phenols is 3. The van der Waals surface area contributed by atoms with Gasteiger partial charge in [0.05, 0.1) is 0 Å². The summed E-state index contributed by atoms with van der Waals surface area (Å²) in [5, 5.41) is 30.9. The molecule has 0 bridgehead atoms. The highest BCUT2D eigenvalue weighted by Crippen LogP contribution is 2.49. The molecule has 0 spiro atoms. The van der Waals surface area contributed by atoms with Gasteiger partial charge in [-0.05, 0) is 48.6 Å². The first-order valence-electron chi connectivity index (χ1n) is 8.82. The van der Waals surface area contributed by atoms with Crippen LogP contribution in [0.25, 0.3) is 22.3 Å². The maximum atomic E-state index is 12.1. The molecule has 27 heavy (non-hydrogen) atoms. The lowest BCUT2D eigenvalue weighted by Gasteiger charge is -2.32. The maximum Gasteiger partial charge on any atom is 0.224 e. The van der Waals surface area contributed by atoms with E-state index in [1.165, 1.54) is 12.1 Å². The number of hydrogen-bond donors (Lipinski definition) is 4. The molecule has 0 aromatic heterocycles. The van der Waals surface area contributed by atoms with Gasteiger partial charge in [-0.15, -0.1) is 0 Å². The zero-order chi connectivity index (χ0) is 19.3. The zero-order valence-electron chi connectivity index (χ0n) is 14.4. The molecule has 2 aliphatic carbocycles. The van der Waals surface area contributed by atoms with Crippen molar-refractivity contribution >= 4 is 16.9 Å². The number of benzene rings is 2. The normalized spacial score (nSPS) is 20.1. The lowest BCUT2D eigenvalue weighted by molar-refractivity contribution is -0.123. The lowest BCUT2D eigenvalue weighted by Crippen LogP contribution is -2.31. The van der Waals surface area contributed by atoms with E-state index in [0.717, 1.165) is 12.8 Å². The molecule has 0 saturated heterocycles. The highest BCUT2D eigenvalue weighted by Gasteiger charge is 2.35. The van der Waals surface area contributed by atoms with Gasteiger partial charge < -0.3 is 25.5 Å². The quantitative estimate of drug-likeness (QED) is 0.405. The first-order chi connectivity index (χ1) is 12.9. The van der Waals surface area contributed by atoms with Crippen LogP contribution in [-0.2, 0) is 4.79 Å². The fourth-order valence-electron chi connectivity index (χ4n) is 4.21. The minimum absolute atomic E-state index is 0.0489. The van der Waals surface area contributed by atoms with Gasteiger partial charge in [-0.3, -0.25) is 9.59 Å². The average molecular weight is 369 g/mol. The Morgan fingerprint density at radius 3 is 2.52 bits per heavy atom. The third-order valence-corrected chi connectivity index (χ3v) is 5.49. The van der Waals surface area contributed by atoms with Gasteiger partial charge in [0.1, 0.15) is 0 Å². The predicted molar refractivity (Wildman–Crippen MR) is 98.0 cm³/mol. The molecule has 1 aliphatic heterocycles. The number of primary amides is 1. The van der Waals surface area contributed by atoms with Crippen molar-refractivity contribution in [2.45, 2.75) is 31.6 Å². The molecule has 1 fully saturated rings. The van der Waals surface area contributed by atoms with E-state index in [9.17, 15) is 24.9 Å². The molecule has 7 heteroatoms. The Morgan fingerprint density at radius 1 is 1.04 bits per heavy atom. The summed E-state index contributed by atoms with van der Waals surface area (Å²) in [5.74, 6) is -2.60. The number of phenolic OH excluding ortho intramolecular Hbond substituents is 3. The van der Waals surface area contributed by atoms with E-state index in [2.05, 4.69) is 0 Å². The van der Waals surface area contributed by atoms with Crippen molar-refractivity contribution in [3.05, 3.63) is 40.1 Å². The predicted octanol–water partition coefficient (Wildman–Crippen LogP) is 2.77. The van der Waals surface area contributed by atoms with Crippen LogP contribution in [0.5, 0.6) is 17.2 Å². The Balaban J connectivity index is 2.13. The van der Waals surface area contributed by atoms with Crippen LogP contribution in [0.2, 0.25) is 0 Å². The number of hydrogen-bond acceptors (Lipinski definition) is 6. The molecule has 2 atom stereocenters. The molecule has 1 amide bonds. The molecule has 7 nitrogen and oxygen atoms in total. The maximum absolute atomic E-state index is 12.1. The topological polar surface area (TPSA) is 134 Å². The van der Waals surface area contributed by atoms with Gasteiger partial charge in [0.25, 0.3) is 0 Å². The fourth-order valence-corrected chi connectivity index (χ4v) is 4.21. The van der Waals surface area contributed by atoms with Crippen molar-refractivity contribution in [3.8, 4) is 28.6 Å². The standard InChI is InChI=1S/C20H19NO6/c21-20(26)10-4-2-1-3-9(10)15-11-5-7-13(22)16(24)18(11)27-19-12(15)6-8-14(23)17(19)25/h5-10,22,24-25H,1-4H2,(H2,21,26). The van der Waals surface area contributed by atoms with Crippen LogP contribution < -0.4 is 11.2 Å². The van der Waals surface area contributed by atoms with Gasteiger partial charge in [0.15, 0.2) is 17.1 Å². The van der Waals surface area contributed by atoms with Crippen LogP contribution in [0.4, 0.5) is 0 Å². The van der Waals surface area contributed by atoms with Gasteiger partial charge >= 0.3 is 0 Å². The van der Waals surface area contributed by atoms with E-state index >= 15 is 0 Å². The van der Waals surface area contributed by atoms with Gasteiger partial charge in [-0.2, -0.15) is 0 Å². The third-order valence-electron chi connectivity index (χ3n) is 5.49. The number of rotatable bonds is 2. The van der Waals surface area contributed by atoms with Gasteiger partial charge in [-0.25, -0.2) is 0 Å². The fraction of sp³-hybridized carbons (Fsp3) is 0.300. The van der Waals surface area contributed by atoms with Crippen LogP contribution in [0.15, 0.2) is 33.5 Å². The molecular weight excluding hydrogens is 350 g/mol. The summed E-state index contributed by atoms with van der Waals surface area (Å²) < 4.78 is 5.62. The highest BCUT2D eigenvalue weighted by atomic mass is 16.4. The van der Waals surface area contributed by atoms with Crippen LogP contribution in [0.3, 0.4) is 0 Å². The number of carbonyl (C=O) groups is 1. The Bertz CT molecular complexity index is 1090. The molecule has 4 rings (SSSR count). The molecule has 1 aromatic rings. The summed E-state index contributed by atoms with van der Waals surface area (Å²) in [6.45, 7) is 0. The van der Waals surface area contributed by atoms with Crippen LogP contribution in [0, 0.1) is 5.92 Å². The summed E-state index contributed by atoms with van der Waals surface area (Å²) >= 11 is 0. The summed E-state index contributed by atoms with van der Waals surface area (Å²) in [6.07, 6.45) is 3.13. The van der Waals surface area contributed by atoms with Crippen LogP contribution in [0.1, 0.15) is 37.2 Å². The molecular formula is C20H19NO6. The van der Waals surface area contributed by atoms with Crippen molar-refractivity contribution in [3.63, 3.8) is 0 Å². The second-order valence-corrected chi connectivity index (χ2v) is 7.01. The second kappa shape index (κ2) is 6.19. The first-order valence-corrected chi connectivity index (χ1v) is 8.82. The van der Waals surface area contributed by atoms with Crippen molar-refractivity contribution in [1.82, 2.24) is 0 Å². The Labute approximate surface area is 154 Å². The van der Waals surface area contributed by atoms with Crippen molar-refractivity contribution < 1.29 is 24.5 Å². The smallest absolute Gasteiger partial charge is 0.224 e. The minimum Gasteiger partial charge on any atom is -0.504 e. The average Bonchev–Trinajstić information content (AvgIpc) is 2.66. The molecule has 1 heterocycles. The summed E-state index contributed by atoms with van der Waals surface area (Å²) in [6, 6.07) is 5.72. The first kappa shape index (κ1) is 17.2. The van der Waals surface area contributed by atoms with Gasteiger partial charge in [0, 0.05) is 16.9 Å². The number of amides is 1. The van der Waals surface area contributed by atoms with Crippen LogP contribution >= 0.6 is 0 Å². The summed E-state index contributed by atoms with van der Waals surface area (Å²) in [5.41, 5.74) is 6.14. The van der Waals surface area contributed by atoms with E-state index in [0.29, 0.717) is 29.4 Å². The molecule has 1 aromatic carbocycles. The number of carbonyl (C=O) groups excluding carboxylic acids is 1. The Hall–Kier alpha value is -3.22.